The van der Waals surface area contributed by atoms with Gasteiger partial charge in [-0.15, -0.1) is 0 Å². The summed E-state index contributed by atoms with van der Waals surface area (Å²) in [6, 6.07) is 25.9. The lowest BCUT2D eigenvalue weighted by Gasteiger charge is -2.13. The molecular weight excluding hydrogens is 409 g/mol. The van der Waals surface area contributed by atoms with Crippen LogP contribution in [0.2, 0.25) is 0 Å². The number of nitrogens with one attached hydrogen (secondary N) is 1. The molecule has 5 rings (SSSR count). The lowest BCUT2D eigenvalue weighted by molar-refractivity contribution is 0.617. The molecule has 1 N–H and O–H groups in total. The molecule has 0 spiro atoms. The van der Waals surface area contributed by atoms with E-state index >= 15 is 0 Å². The fourth-order valence-electron chi connectivity index (χ4n) is 3.54. The number of benzene rings is 3. The van der Waals surface area contributed by atoms with E-state index in [0.717, 1.165) is 11.1 Å². The largest absolute Gasteiger partial charge is 0.355 e. The van der Waals surface area contributed by atoms with Crippen molar-refractivity contribution in [3.05, 3.63) is 113 Å². The molecule has 0 saturated heterocycles. The maximum atomic E-state index is 14.2. The smallest absolute Gasteiger partial charge is 0.283 e. The minimum absolute atomic E-state index is 0.186. The highest BCUT2D eigenvalue weighted by Crippen LogP contribution is 2.30. The van der Waals surface area contributed by atoms with Crippen LogP contribution in [0, 0.1) is 5.82 Å². The quantitative estimate of drug-likeness (QED) is 0.284. The third-order valence-electron chi connectivity index (χ3n) is 5.08. The van der Waals surface area contributed by atoms with E-state index in [1.54, 1.807) is 22.8 Å². The highest BCUT2D eigenvalue weighted by Gasteiger charge is 2.18. The van der Waals surface area contributed by atoms with Crippen LogP contribution < -0.4 is 5.56 Å². The molecule has 0 fully saturated rings. The van der Waals surface area contributed by atoms with Crippen molar-refractivity contribution >= 4 is 22.8 Å². The van der Waals surface area contributed by atoms with Gasteiger partial charge in [0.05, 0.1) is 5.69 Å². The predicted octanol–water partition coefficient (Wildman–Crippen LogP) is 5.81. The molecule has 0 radical (unpaired) electrons. The molecule has 2 aromatic heterocycles. The Morgan fingerprint density at radius 2 is 1.58 bits per heavy atom. The van der Waals surface area contributed by atoms with Crippen molar-refractivity contribution in [2.24, 2.45) is 0 Å². The Bertz CT molecular complexity index is 1410. The fourth-order valence-corrected chi connectivity index (χ4v) is 4.53. The van der Waals surface area contributed by atoms with Gasteiger partial charge in [0.2, 0.25) is 0 Å². The van der Waals surface area contributed by atoms with Gasteiger partial charge >= 0.3 is 0 Å². The second-order valence-electron chi connectivity index (χ2n) is 7.04. The van der Waals surface area contributed by atoms with Crippen LogP contribution in [0.4, 0.5) is 4.39 Å². The van der Waals surface area contributed by atoms with Crippen LogP contribution >= 0.6 is 11.8 Å². The number of rotatable bonds is 5. The second kappa shape index (κ2) is 8.24. The molecule has 0 aliphatic rings. The van der Waals surface area contributed by atoms with E-state index < -0.39 is 0 Å². The third kappa shape index (κ3) is 3.66. The van der Waals surface area contributed by atoms with Gasteiger partial charge in [0.25, 0.3) is 5.56 Å². The van der Waals surface area contributed by atoms with E-state index in [1.165, 1.54) is 17.8 Å². The summed E-state index contributed by atoms with van der Waals surface area (Å²) in [6.07, 6.45) is 1.81. The first-order valence-corrected chi connectivity index (χ1v) is 10.8. The van der Waals surface area contributed by atoms with E-state index in [0.29, 0.717) is 33.2 Å². The SMILES string of the molecule is O=c1c2[nH]cc(-c3ccccc3)c2nc(SCc2ccccc2F)n1-c1ccccc1. The van der Waals surface area contributed by atoms with Gasteiger partial charge in [-0.2, -0.15) is 0 Å². The molecule has 6 heteroatoms. The van der Waals surface area contributed by atoms with Gasteiger partial charge in [0.1, 0.15) is 16.9 Å². The maximum Gasteiger partial charge on any atom is 0.283 e. The minimum atomic E-state index is -0.267. The summed E-state index contributed by atoms with van der Waals surface area (Å²) in [5.74, 6) is 0.0963. The number of hydrogen-bond acceptors (Lipinski definition) is 3. The molecule has 0 amide bonds. The van der Waals surface area contributed by atoms with Gasteiger partial charge in [-0.1, -0.05) is 78.5 Å². The Balaban J connectivity index is 1.68. The second-order valence-corrected chi connectivity index (χ2v) is 7.99. The van der Waals surface area contributed by atoms with Crippen LogP contribution in [-0.4, -0.2) is 14.5 Å². The van der Waals surface area contributed by atoms with Crippen molar-refractivity contribution in [3.63, 3.8) is 0 Å². The van der Waals surface area contributed by atoms with Crippen LogP contribution in [0.5, 0.6) is 0 Å². The molecule has 0 aliphatic heterocycles. The van der Waals surface area contributed by atoms with Crippen LogP contribution in [0.15, 0.2) is 101 Å². The fraction of sp³-hybridized carbons (Fsp3) is 0.0400. The monoisotopic (exact) mass is 427 g/mol. The molecule has 31 heavy (non-hydrogen) atoms. The molecule has 0 atom stereocenters. The number of para-hydroxylation sites is 1. The molecule has 0 saturated carbocycles. The molecule has 0 bridgehead atoms. The normalized spacial score (nSPS) is 11.1. The first-order chi connectivity index (χ1) is 15.2. The lowest BCUT2D eigenvalue weighted by atomic mass is 10.1. The number of aromatic nitrogens is 3. The number of hydrogen-bond donors (Lipinski definition) is 1. The van der Waals surface area contributed by atoms with Gasteiger partial charge in [-0.3, -0.25) is 9.36 Å². The first-order valence-electron chi connectivity index (χ1n) is 9.83. The van der Waals surface area contributed by atoms with Crippen molar-refractivity contribution in [2.45, 2.75) is 10.9 Å². The standard InChI is InChI=1S/C25H18FN3OS/c26-21-14-8-7-11-18(21)16-31-25-28-22-20(17-9-3-1-4-10-17)15-27-23(22)24(30)29(25)19-12-5-2-6-13-19/h1-15,27H,16H2. The Morgan fingerprint density at radius 3 is 2.32 bits per heavy atom. The average molecular weight is 428 g/mol. The number of thioether (sulfide) groups is 1. The van der Waals surface area contributed by atoms with Gasteiger partial charge < -0.3 is 4.98 Å². The van der Waals surface area contributed by atoms with Gasteiger partial charge in [0, 0.05) is 17.5 Å². The molecule has 0 aliphatic carbocycles. The first kappa shape index (κ1) is 19.3. The summed E-state index contributed by atoms with van der Waals surface area (Å²) < 4.78 is 15.8. The van der Waals surface area contributed by atoms with Crippen molar-refractivity contribution in [1.82, 2.24) is 14.5 Å². The summed E-state index contributed by atoms with van der Waals surface area (Å²) in [7, 11) is 0. The van der Waals surface area contributed by atoms with E-state index in [1.807, 2.05) is 66.9 Å². The summed E-state index contributed by atoms with van der Waals surface area (Å²) in [4.78, 5) is 21.5. The lowest BCUT2D eigenvalue weighted by Crippen LogP contribution is -2.21. The Labute approximate surface area is 182 Å². The van der Waals surface area contributed by atoms with Crippen LogP contribution in [-0.2, 0) is 5.75 Å². The van der Waals surface area contributed by atoms with Crippen LogP contribution in [0.3, 0.4) is 0 Å². The van der Waals surface area contributed by atoms with Crippen LogP contribution in [0.1, 0.15) is 5.56 Å². The highest BCUT2D eigenvalue weighted by molar-refractivity contribution is 7.98. The highest BCUT2D eigenvalue weighted by atomic mass is 32.2. The van der Waals surface area contributed by atoms with Crippen molar-refractivity contribution in [2.75, 3.05) is 0 Å². The zero-order valence-corrected chi connectivity index (χ0v) is 17.3. The van der Waals surface area contributed by atoms with E-state index in [9.17, 15) is 9.18 Å². The molecule has 2 heterocycles. The Morgan fingerprint density at radius 1 is 0.903 bits per heavy atom. The average Bonchev–Trinajstić information content (AvgIpc) is 3.24. The molecule has 0 unspecified atom stereocenters. The summed E-state index contributed by atoms with van der Waals surface area (Å²) in [5.41, 5.74) is 3.99. The van der Waals surface area contributed by atoms with E-state index in [-0.39, 0.29) is 11.4 Å². The summed E-state index contributed by atoms with van der Waals surface area (Å²) in [5, 5.41) is 0.517. The summed E-state index contributed by atoms with van der Waals surface area (Å²) >= 11 is 1.34. The topological polar surface area (TPSA) is 50.7 Å². The number of fused-ring (bicyclic) bond motifs is 1. The zero-order chi connectivity index (χ0) is 21.2. The maximum absolute atomic E-state index is 14.2. The molecule has 3 aromatic carbocycles. The van der Waals surface area contributed by atoms with Crippen molar-refractivity contribution in [3.8, 4) is 16.8 Å². The Kier molecular flexibility index (Phi) is 5.14. The van der Waals surface area contributed by atoms with Gasteiger partial charge in [-0.05, 0) is 29.3 Å². The number of nitrogens with zero attached hydrogens (tertiary/aromatic N) is 2. The predicted molar refractivity (Wildman–Crippen MR) is 123 cm³/mol. The zero-order valence-electron chi connectivity index (χ0n) is 16.5. The van der Waals surface area contributed by atoms with Crippen molar-refractivity contribution < 1.29 is 4.39 Å². The van der Waals surface area contributed by atoms with Gasteiger partial charge in [-0.25, -0.2) is 9.37 Å². The molecule has 152 valence electrons. The molecule has 5 aromatic rings. The van der Waals surface area contributed by atoms with Gasteiger partial charge in [0.15, 0.2) is 5.16 Å². The van der Waals surface area contributed by atoms with Crippen LogP contribution in [0.25, 0.3) is 27.8 Å². The van der Waals surface area contributed by atoms with E-state index in [2.05, 4.69) is 4.98 Å². The minimum Gasteiger partial charge on any atom is -0.355 e. The molecular formula is C25H18FN3OS. The Hall–Kier alpha value is -3.64. The van der Waals surface area contributed by atoms with Crippen molar-refractivity contribution in [1.29, 1.82) is 0 Å². The number of halogens is 1. The summed E-state index contributed by atoms with van der Waals surface area (Å²) in [6.45, 7) is 0. The number of H-pyrrole nitrogens is 1. The number of aromatic amines is 1. The van der Waals surface area contributed by atoms with E-state index in [4.69, 9.17) is 4.98 Å². The molecule has 4 nitrogen and oxygen atoms in total. The third-order valence-corrected chi connectivity index (χ3v) is 6.07.